The lowest BCUT2D eigenvalue weighted by Crippen LogP contribution is -2.27. The van der Waals surface area contributed by atoms with Gasteiger partial charge in [0.2, 0.25) is 5.91 Å². The summed E-state index contributed by atoms with van der Waals surface area (Å²) in [7, 11) is 0. The number of hydrogen-bond donors (Lipinski definition) is 2. The van der Waals surface area contributed by atoms with Crippen molar-refractivity contribution in [1.29, 1.82) is 0 Å². The standard InChI is InChI=1S/C11H11FN2O3S/c12-9-7(11(16)17)3-4-13-10(9)18-5-8(15)14-6-1-2-6/h3-4,6H,1-2,5H2,(H,14,15)(H,16,17). The number of aromatic nitrogens is 1. The molecule has 0 aromatic carbocycles. The SMILES string of the molecule is O=C(CSc1nccc(C(=O)O)c1F)NC1CC1. The summed E-state index contributed by atoms with van der Waals surface area (Å²) < 4.78 is 13.7. The Bertz CT molecular complexity index is 491. The third kappa shape index (κ3) is 3.19. The summed E-state index contributed by atoms with van der Waals surface area (Å²) in [5.41, 5.74) is -0.435. The van der Waals surface area contributed by atoms with Gasteiger partial charge in [-0.2, -0.15) is 0 Å². The zero-order chi connectivity index (χ0) is 13.1. The molecule has 2 N–H and O–H groups in total. The van der Waals surface area contributed by atoms with E-state index in [9.17, 15) is 14.0 Å². The lowest BCUT2D eigenvalue weighted by Gasteiger charge is -2.05. The van der Waals surface area contributed by atoms with E-state index in [0.29, 0.717) is 0 Å². The highest BCUT2D eigenvalue weighted by Crippen LogP contribution is 2.23. The van der Waals surface area contributed by atoms with Crippen LogP contribution >= 0.6 is 11.8 Å². The normalized spacial score (nSPS) is 14.3. The summed E-state index contributed by atoms with van der Waals surface area (Å²) in [5.74, 6) is -2.40. The predicted molar refractivity (Wildman–Crippen MR) is 63.0 cm³/mol. The van der Waals surface area contributed by atoms with Crippen LogP contribution in [0.4, 0.5) is 4.39 Å². The van der Waals surface area contributed by atoms with Crippen molar-refractivity contribution in [3.05, 3.63) is 23.6 Å². The molecule has 96 valence electrons. The monoisotopic (exact) mass is 270 g/mol. The molecule has 0 saturated heterocycles. The molecule has 1 heterocycles. The average Bonchev–Trinajstić information content (AvgIpc) is 3.11. The summed E-state index contributed by atoms with van der Waals surface area (Å²) in [4.78, 5) is 25.8. The Balaban J connectivity index is 1.97. The lowest BCUT2D eigenvalue weighted by atomic mass is 10.3. The van der Waals surface area contributed by atoms with Gasteiger partial charge in [0.15, 0.2) is 5.82 Å². The number of rotatable bonds is 5. The van der Waals surface area contributed by atoms with Gasteiger partial charge in [0.25, 0.3) is 0 Å². The van der Waals surface area contributed by atoms with E-state index in [-0.39, 0.29) is 22.7 Å². The average molecular weight is 270 g/mol. The van der Waals surface area contributed by atoms with Crippen molar-refractivity contribution in [2.24, 2.45) is 0 Å². The largest absolute Gasteiger partial charge is 0.478 e. The summed E-state index contributed by atoms with van der Waals surface area (Å²) in [6.45, 7) is 0. The van der Waals surface area contributed by atoms with Crippen molar-refractivity contribution in [1.82, 2.24) is 10.3 Å². The Morgan fingerprint density at radius 3 is 2.89 bits per heavy atom. The molecule has 0 spiro atoms. The van der Waals surface area contributed by atoms with Crippen LogP contribution in [0, 0.1) is 5.82 Å². The fraction of sp³-hybridized carbons (Fsp3) is 0.364. The molecule has 1 aliphatic carbocycles. The Morgan fingerprint density at radius 2 is 2.28 bits per heavy atom. The van der Waals surface area contributed by atoms with Gasteiger partial charge in [0.1, 0.15) is 5.03 Å². The van der Waals surface area contributed by atoms with Crippen molar-refractivity contribution in [3.8, 4) is 0 Å². The molecule has 1 aliphatic rings. The minimum atomic E-state index is -1.35. The van der Waals surface area contributed by atoms with Crippen molar-refractivity contribution in [2.45, 2.75) is 23.9 Å². The molecular weight excluding hydrogens is 259 g/mol. The molecule has 0 bridgehead atoms. The molecule has 1 aromatic heterocycles. The first kappa shape index (κ1) is 12.8. The number of hydrogen-bond acceptors (Lipinski definition) is 4. The van der Waals surface area contributed by atoms with Gasteiger partial charge in [-0.15, -0.1) is 0 Å². The van der Waals surface area contributed by atoms with Gasteiger partial charge in [-0.1, -0.05) is 11.8 Å². The van der Waals surface area contributed by atoms with E-state index < -0.39 is 17.3 Å². The van der Waals surface area contributed by atoms with Crippen molar-refractivity contribution in [3.63, 3.8) is 0 Å². The van der Waals surface area contributed by atoms with E-state index in [0.717, 1.165) is 30.7 Å². The second-order valence-corrected chi connectivity index (χ2v) is 4.88. The van der Waals surface area contributed by atoms with Crippen LogP contribution in [-0.2, 0) is 4.79 Å². The second-order valence-electron chi connectivity index (χ2n) is 3.91. The molecule has 0 unspecified atom stereocenters. The quantitative estimate of drug-likeness (QED) is 0.788. The van der Waals surface area contributed by atoms with Crippen LogP contribution < -0.4 is 5.32 Å². The summed E-state index contributed by atoms with van der Waals surface area (Å²) in [6, 6.07) is 1.34. The third-order valence-electron chi connectivity index (χ3n) is 2.37. The summed E-state index contributed by atoms with van der Waals surface area (Å²) >= 11 is 0.895. The summed E-state index contributed by atoms with van der Waals surface area (Å²) in [6.07, 6.45) is 3.18. The number of amides is 1. The van der Waals surface area contributed by atoms with E-state index in [2.05, 4.69) is 10.3 Å². The van der Waals surface area contributed by atoms with E-state index in [1.54, 1.807) is 0 Å². The van der Waals surface area contributed by atoms with Gasteiger partial charge >= 0.3 is 5.97 Å². The molecule has 5 nitrogen and oxygen atoms in total. The Hall–Kier alpha value is -1.63. The number of carbonyl (C=O) groups is 2. The number of carboxylic acids is 1. The van der Waals surface area contributed by atoms with Crippen LogP contribution in [0.15, 0.2) is 17.3 Å². The molecule has 18 heavy (non-hydrogen) atoms. The first-order chi connectivity index (χ1) is 8.58. The summed E-state index contributed by atoms with van der Waals surface area (Å²) in [5, 5.41) is 11.4. The number of thioether (sulfide) groups is 1. The topological polar surface area (TPSA) is 79.3 Å². The molecule has 2 rings (SSSR count). The highest BCUT2D eigenvalue weighted by atomic mass is 32.2. The number of pyridine rings is 1. The molecule has 0 aliphatic heterocycles. The first-order valence-electron chi connectivity index (χ1n) is 5.38. The predicted octanol–water partition coefficient (Wildman–Crippen LogP) is 1.29. The van der Waals surface area contributed by atoms with Gasteiger partial charge in [-0.25, -0.2) is 14.2 Å². The number of halogens is 1. The molecule has 1 amide bonds. The van der Waals surface area contributed by atoms with E-state index in [1.165, 1.54) is 6.20 Å². The zero-order valence-electron chi connectivity index (χ0n) is 9.35. The fourth-order valence-electron chi connectivity index (χ4n) is 1.32. The van der Waals surface area contributed by atoms with Gasteiger partial charge in [0, 0.05) is 12.2 Å². The Morgan fingerprint density at radius 1 is 1.56 bits per heavy atom. The van der Waals surface area contributed by atoms with E-state index >= 15 is 0 Å². The van der Waals surface area contributed by atoms with Crippen LogP contribution in [0.25, 0.3) is 0 Å². The van der Waals surface area contributed by atoms with Crippen molar-refractivity contribution < 1.29 is 19.1 Å². The highest BCUT2D eigenvalue weighted by molar-refractivity contribution is 7.99. The van der Waals surface area contributed by atoms with E-state index in [1.807, 2.05) is 0 Å². The van der Waals surface area contributed by atoms with Crippen LogP contribution in [0.1, 0.15) is 23.2 Å². The third-order valence-corrected chi connectivity index (χ3v) is 3.33. The molecular formula is C11H11FN2O3S. The maximum Gasteiger partial charge on any atom is 0.338 e. The Labute approximate surface area is 107 Å². The number of nitrogens with zero attached hydrogens (tertiary/aromatic N) is 1. The van der Waals surface area contributed by atoms with Gasteiger partial charge in [-0.05, 0) is 18.9 Å². The number of carboxylic acid groups (broad SMARTS) is 1. The number of carbonyl (C=O) groups excluding carboxylic acids is 1. The number of aromatic carboxylic acids is 1. The number of nitrogens with one attached hydrogen (secondary N) is 1. The molecule has 1 fully saturated rings. The zero-order valence-corrected chi connectivity index (χ0v) is 10.2. The second kappa shape index (κ2) is 5.34. The molecule has 0 radical (unpaired) electrons. The highest BCUT2D eigenvalue weighted by Gasteiger charge is 2.23. The molecule has 0 atom stereocenters. The Kier molecular flexibility index (Phi) is 3.81. The maximum atomic E-state index is 13.7. The minimum absolute atomic E-state index is 0.0312. The fourth-order valence-corrected chi connectivity index (χ4v) is 2.04. The molecule has 7 heteroatoms. The maximum absolute atomic E-state index is 13.7. The van der Waals surface area contributed by atoms with Crippen molar-refractivity contribution in [2.75, 3.05) is 5.75 Å². The lowest BCUT2D eigenvalue weighted by molar-refractivity contribution is -0.118. The first-order valence-corrected chi connectivity index (χ1v) is 6.36. The minimum Gasteiger partial charge on any atom is -0.478 e. The van der Waals surface area contributed by atoms with Crippen molar-refractivity contribution >= 4 is 23.6 Å². The molecule has 1 saturated carbocycles. The van der Waals surface area contributed by atoms with Crippen LogP contribution in [0.3, 0.4) is 0 Å². The van der Waals surface area contributed by atoms with Crippen LogP contribution in [0.5, 0.6) is 0 Å². The smallest absolute Gasteiger partial charge is 0.338 e. The van der Waals surface area contributed by atoms with Gasteiger partial charge in [0.05, 0.1) is 11.3 Å². The molecule has 1 aromatic rings. The van der Waals surface area contributed by atoms with Gasteiger partial charge < -0.3 is 10.4 Å². The van der Waals surface area contributed by atoms with Crippen LogP contribution in [0.2, 0.25) is 0 Å². The van der Waals surface area contributed by atoms with Crippen LogP contribution in [-0.4, -0.2) is 33.8 Å². The van der Waals surface area contributed by atoms with Gasteiger partial charge in [-0.3, -0.25) is 4.79 Å². The van der Waals surface area contributed by atoms with E-state index in [4.69, 9.17) is 5.11 Å².